The fourth-order valence-corrected chi connectivity index (χ4v) is 4.25. The number of rotatable bonds is 5. The fourth-order valence-electron chi connectivity index (χ4n) is 4.25. The number of hydrogen-bond donors (Lipinski definition) is 3. The molecule has 3 heterocycles. The lowest BCUT2D eigenvalue weighted by Gasteiger charge is -2.30. The maximum Gasteiger partial charge on any atom is 0.184 e. The van der Waals surface area contributed by atoms with Crippen LogP contribution in [0, 0.1) is 0 Å². The molecule has 0 unspecified atom stereocenters. The van der Waals surface area contributed by atoms with Crippen molar-refractivity contribution in [3.8, 4) is 17.0 Å². The molecule has 0 aliphatic carbocycles. The van der Waals surface area contributed by atoms with Gasteiger partial charge in [0, 0.05) is 31.7 Å². The van der Waals surface area contributed by atoms with E-state index in [2.05, 4.69) is 76.7 Å². The van der Waals surface area contributed by atoms with Crippen molar-refractivity contribution in [1.29, 1.82) is 0 Å². The molecule has 33 heavy (non-hydrogen) atoms. The van der Waals surface area contributed by atoms with Crippen LogP contribution < -0.4 is 10.2 Å². The standard InChI is InChI=1S/C27H29N5O/c1-18(2)20-6-3-19(4-7-20)5-12-23-26-25(32-15-13-28-14-16-32)17-24(29-27(26)31-30-23)21-8-10-22(33)11-9-21/h3-12,17-18,28,33H,13-16H2,1-2H3,(H,29,30,31)/b12-5+. The van der Waals surface area contributed by atoms with E-state index in [0.717, 1.165) is 59.8 Å². The number of aromatic nitrogens is 3. The molecule has 6 nitrogen and oxygen atoms in total. The van der Waals surface area contributed by atoms with Crippen molar-refractivity contribution in [2.45, 2.75) is 19.8 Å². The van der Waals surface area contributed by atoms with Crippen LogP contribution in [0.2, 0.25) is 0 Å². The summed E-state index contributed by atoms with van der Waals surface area (Å²) in [5.41, 5.74) is 7.08. The first kappa shape index (κ1) is 21.2. The lowest BCUT2D eigenvalue weighted by Crippen LogP contribution is -2.43. The first-order valence-corrected chi connectivity index (χ1v) is 11.5. The van der Waals surface area contributed by atoms with E-state index < -0.39 is 0 Å². The second kappa shape index (κ2) is 9.08. The Morgan fingerprint density at radius 3 is 2.39 bits per heavy atom. The third-order valence-corrected chi connectivity index (χ3v) is 6.20. The van der Waals surface area contributed by atoms with E-state index in [-0.39, 0.29) is 5.75 Å². The number of phenolic OH excluding ortho intramolecular Hbond substituents is 1. The molecule has 0 amide bonds. The normalized spacial score (nSPS) is 14.6. The molecule has 1 aliphatic heterocycles. The van der Waals surface area contributed by atoms with Crippen molar-refractivity contribution in [1.82, 2.24) is 20.5 Å². The summed E-state index contributed by atoms with van der Waals surface area (Å²) in [6.07, 6.45) is 4.21. The minimum atomic E-state index is 0.246. The monoisotopic (exact) mass is 439 g/mol. The van der Waals surface area contributed by atoms with E-state index in [1.54, 1.807) is 12.1 Å². The van der Waals surface area contributed by atoms with Crippen LogP contribution >= 0.6 is 0 Å². The van der Waals surface area contributed by atoms with Crippen molar-refractivity contribution < 1.29 is 5.11 Å². The number of nitrogens with zero attached hydrogens (tertiary/aromatic N) is 3. The van der Waals surface area contributed by atoms with Crippen molar-refractivity contribution in [3.63, 3.8) is 0 Å². The lowest BCUT2D eigenvalue weighted by molar-refractivity contribution is 0.475. The Kier molecular flexibility index (Phi) is 5.84. The molecule has 3 N–H and O–H groups in total. The molecule has 4 aromatic rings. The number of pyridine rings is 1. The van der Waals surface area contributed by atoms with Gasteiger partial charge in [0.05, 0.1) is 22.5 Å². The van der Waals surface area contributed by atoms with E-state index in [4.69, 9.17) is 4.98 Å². The third-order valence-electron chi connectivity index (χ3n) is 6.20. The highest BCUT2D eigenvalue weighted by molar-refractivity contribution is 5.99. The van der Waals surface area contributed by atoms with E-state index >= 15 is 0 Å². The van der Waals surface area contributed by atoms with Crippen LogP contribution in [-0.4, -0.2) is 46.5 Å². The molecule has 0 atom stereocenters. The first-order valence-electron chi connectivity index (χ1n) is 11.5. The van der Waals surface area contributed by atoms with Gasteiger partial charge in [0.25, 0.3) is 0 Å². The van der Waals surface area contributed by atoms with Gasteiger partial charge in [0.15, 0.2) is 5.65 Å². The van der Waals surface area contributed by atoms with Gasteiger partial charge in [-0.25, -0.2) is 4.98 Å². The van der Waals surface area contributed by atoms with Crippen LogP contribution in [0.3, 0.4) is 0 Å². The zero-order valence-electron chi connectivity index (χ0n) is 19.0. The highest BCUT2D eigenvalue weighted by Gasteiger charge is 2.19. The van der Waals surface area contributed by atoms with E-state index in [1.807, 2.05) is 12.1 Å². The smallest absolute Gasteiger partial charge is 0.184 e. The van der Waals surface area contributed by atoms with Gasteiger partial charge in [0.1, 0.15) is 5.75 Å². The Hall–Kier alpha value is -3.64. The van der Waals surface area contributed by atoms with Gasteiger partial charge in [-0.3, -0.25) is 5.10 Å². The number of aromatic hydroxyl groups is 1. The predicted molar refractivity (Wildman–Crippen MR) is 136 cm³/mol. The third kappa shape index (κ3) is 4.47. The average Bonchev–Trinajstić information content (AvgIpc) is 3.26. The van der Waals surface area contributed by atoms with Crippen molar-refractivity contribution in [3.05, 3.63) is 71.4 Å². The Balaban J connectivity index is 1.56. The lowest BCUT2D eigenvalue weighted by atomic mass is 10.0. The Morgan fingerprint density at radius 1 is 0.970 bits per heavy atom. The molecular formula is C27H29N5O. The maximum absolute atomic E-state index is 9.67. The molecule has 0 radical (unpaired) electrons. The maximum atomic E-state index is 9.67. The second-order valence-corrected chi connectivity index (χ2v) is 8.80. The first-order chi connectivity index (χ1) is 16.1. The molecule has 5 rings (SSSR count). The largest absolute Gasteiger partial charge is 0.508 e. The number of aromatic amines is 1. The molecule has 0 spiro atoms. The fraction of sp³-hybridized carbons (Fsp3) is 0.259. The van der Waals surface area contributed by atoms with Gasteiger partial charge in [-0.15, -0.1) is 0 Å². The van der Waals surface area contributed by atoms with Crippen LogP contribution in [0.15, 0.2) is 54.6 Å². The number of benzene rings is 2. The Morgan fingerprint density at radius 2 is 1.70 bits per heavy atom. The predicted octanol–water partition coefficient (Wildman–Crippen LogP) is 5.03. The number of piperazine rings is 1. The summed E-state index contributed by atoms with van der Waals surface area (Å²) in [6.45, 7) is 8.17. The highest BCUT2D eigenvalue weighted by atomic mass is 16.3. The number of H-pyrrole nitrogens is 1. The zero-order valence-corrected chi connectivity index (χ0v) is 19.0. The van der Waals surface area contributed by atoms with Gasteiger partial charge >= 0.3 is 0 Å². The summed E-state index contributed by atoms with van der Waals surface area (Å²) in [5, 5.41) is 21.9. The molecule has 0 saturated carbocycles. The van der Waals surface area contributed by atoms with Gasteiger partial charge in [0.2, 0.25) is 0 Å². The van der Waals surface area contributed by atoms with Gasteiger partial charge in [-0.05, 0) is 53.5 Å². The summed E-state index contributed by atoms with van der Waals surface area (Å²) in [4.78, 5) is 7.23. The minimum absolute atomic E-state index is 0.246. The minimum Gasteiger partial charge on any atom is -0.508 e. The number of fused-ring (bicyclic) bond motifs is 1. The van der Waals surface area contributed by atoms with E-state index in [9.17, 15) is 5.11 Å². The Bertz CT molecular complexity index is 1270. The second-order valence-electron chi connectivity index (χ2n) is 8.80. The molecule has 1 saturated heterocycles. The molecule has 6 heteroatoms. The molecule has 168 valence electrons. The average molecular weight is 440 g/mol. The number of nitrogens with one attached hydrogen (secondary N) is 2. The molecule has 2 aromatic carbocycles. The zero-order chi connectivity index (χ0) is 22.8. The summed E-state index contributed by atoms with van der Waals surface area (Å²) >= 11 is 0. The summed E-state index contributed by atoms with van der Waals surface area (Å²) in [6, 6.07) is 18.0. The number of anilines is 1. The van der Waals surface area contributed by atoms with Crippen molar-refractivity contribution in [2.75, 3.05) is 31.1 Å². The SMILES string of the molecule is CC(C)c1ccc(/C=C/c2[nH]nc3nc(-c4ccc(O)cc4)cc(N4CCNCC4)c23)cc1. The van der Waals surface area contributed by atoms with Crippen molar-refractivity contribution >= 4 is 28.9 Å². The number of hydrogen-bond acceptors (Lipinski definition) is 5. The molecule has 1 aliphatic rings. The summed E-state index contributed by atoms with van der Waals surface area (Å²) in [5.74, 6) is 0.769. The molecule has 1 fully saturated rings. The van der Waals surface area contributed by atoms with E-state index in [1.165, 1.54) is 5.56 Å². The number of phenols is 1. The molecular weight excluding hydrogens is 410 g/mol. The van der Waals surface area contributed by atoms with Crippen LogP contribution in [0.5, 0.6) is 5.75 Å². The summed E-state index contributed by atoms with van der Waals surface area (Å²) < 4.78 is 0. The topological polar surface area (TPSA) is 77.1 Å². The van der Waals surface area contributed by atoms with Crippen LogP contribution in [0.4, 0.5) is 5.69 Å². The van der Waals surface area contributed by atoms with Crippen LogP contribution in [0.25, 0.3) is 34.4 Å². The van der Waals surface area contributed by atoms with Gasteiger partial charge < -0.3 is 15.3 Å². The van der Waals surface area contributed by atoms with Crippen LogP contribution in [-0.2, 0) is 0 Å². The van der Waals surface area contributed by atoms with Crippen molar-refractivity contribution in [2.24, 2.45) is 0 Å². The quantitative estimate of drug-likeness (QED) is 0.406. The van der Waals surface area contributed by atoms with Gasteiger partial charge in [-0.1, -0.05) is 44.2 Å². The molecule has 2 aromatic heterocycles. The Labute approximate surface area is 194 Å². The van der Waals surface area contributed by atoms with Crippen LogP contribution in [0.1, 0.15) is 36.6 Å². The molecule has 0 bridgehead atoms. The van der Waals surface area contributed by atoms with E-state index in [0.29, 0.717) is 11.6 Å². The summed E-state index contributed by atoms with van der Waals surface area (Å²) in [7, 11) is 0. The van der Waals surface area contributed by atoms with Gasteiger partial charge in [-0.2, -0.15) is 5.10 Å². The highest BCUT2D eigenvalue weighted by Crippen LogP contribution is 2.33.